The van der Waals surface area contributed by atoms with Crippen LogP contribution in [0.1, 0.15) is 27.1 Å². The molecule has 8 nitrogen and oxygen atoms in total. The minimum Gasteiger partial charge on any atom is -0.508 e. The summed E-state index contributed by atoms with van der Waals surface area (Å²) in [7, 11) is 7.70. The van der Waals surface area contributed by atoms with Crippen LogP contribution in [0.3, 0.4) is 0 Å². The van der Waals surface area contributed by atoms with E-state index in [0.717, 1.165) is 6.54 Å². The lowest BCUT2D eigenvalue weighted by atomic mass is 9.75. The van der Waals surface area contributed by atoms with Crippen LogP contribution in [0.5, 0.6) is 0 Å². The predicted molar refractivity (Wildman–Crippen MR) is 116 cm³/mol. The molecule has 2 aliphatic carbocycles. The van der Waals surface area contributed by atoms with Crippen LogP contribution in [-0.4, -0.2) is 91.7 Å². The molecule has 1 atom stereocenters. The lowest BCUT2D eigenvalue weighted by Crippen LogP contribution is -2.53. The molecule has 1 aromatic rings. The van der Waals surface area contributed by atoms with E-state index in [1.165, 1.54) is 6.08 Å². The molecule has 1 unspecified atom stereocenters. The summed E-state index contributed by atoms with van der Waals surface area (Å²) in [6.07, 6.45) is 1.39. The fourth-order valence-corrected chi connectivity index (χ4v) is 3.77. The molecular formula is C22H30N4O4. The van der Waals surface area contributed by atoms with E-state index < -0.39 is 17.3 Å². The number of nitrogens with one attached hydrogen (secondary N) is 2. The first-order valence-electron chi connectivity index (χ1n) is 10.0. The topological polar surface area (TPSA) is 105 Å². The Morgan fingerprint density at radius 2 is 1.70 bits per heavy atom. The Morgan fingerprint density at radius 3 is 2.37 bits per heavy atom. The first-order chi connectivity index (χ1) is 14.2. The first kappa shape index (κ1) is 22.2. The predicted octanol–water partition coefficient (Wildman–Crippen LogP) is 1.02. The summed E-state index contributed by atoms with van der Waals surface area (Å²) in [5, 5.41) is 27.9. The number of ketones is 2. The van der Waals surface area contributed by atoms with Crippen molar-refractivity contribution in [2.24, 2.45) is 0 Å². The van der Waals surface area contributed by atoms with Gasteiger partial charge in [-0.15, -0.1) is 0 Å². The zero-order chi connectivity index (χ0) is 22.1. The molecule has 0 saturated carbocycles. The number of allylic oxidation sites excluding steroid dienone is 1. The SMILES string of the molecule is CN(C)CCNc1cccc2c1C(=O)C1=C(C2=O)C(O)(NCCN(C)C)CC=C1O. The van der Waals surface area contributed by atoms with Gasteiger partial charge in [0.15, 0.2) is 11.6 Å². The van der Waals surface area contributed by atoms with Gasteiger partial charge in [0.25, 0.3) is 0 Å². The summed E-state index contributed by atoms with van der Waals surface area (Å²) in [6.45, 7) is 2.39. The van der Waals surface area contributed by atoms with E-state index in [0.29, 0.717) is 25.3 Å². The second-order valence-electron chi connectivity index (χ2n) is 8.25. The van der Waals surface area contributed by atoms with Crippen LogP contribution in [0, 0.1) is 0 Å². The van der Waals surface area contributed by atoms with Gasteiger partial charge in [-0.05, 0) is 40.3 Å². The molecule has 3 rings (SSSR count). The summed E-state index contributed by atoms with van der Waals surface area (Å²) in [5.41, 5.74) is -0.906. The van der Waals surface area contributed by atoms with Crippen LogP contribution in [-0.2, 0) is 0 Å². The number of hydrogen-bond donors (Lipinski definition) is 4. The van der Waals surface area contributed by atoms with Crippen molar-refractivity contribution in [2.45, 2.75) is 12.1 Å². The fraction of sp³-hybridized carbons (Fsp3) is 0.455. The highest BCUT2D eigenvalue weighted by molar-refractivity contribution is 6.30. The number of fused-ring (bicyclic) bond motifs is 1. The van der Waals surface area contributed by atoms with Crippen molar-refractivity contribution in [1.82, 2.24) is 15.1 Å². The van der Waals surface area contributed by atoms with E-state index in [2.05, 4.69) is 10.6 Å². The molecule has 162 valence electrons. The number of anilines is 1. The van der Waals surface area contributed by atoms with Crippen LogP contribution in [0.4, 0.5) is 5.69 Å². The van der Waals surface area contributed by atoms with Crippen LogP contribution in [0.25, 0.3) is 0 Å². The summed E-state index contributed by atoms with van der Waals surface area (Å²) in [6, 6.07) is 5.05. The Morgan fingerprint density at radius 1 is 1.03 bits per heavy atom. The fourth-order valence-electron chi connectivity index (χ4n) is 3.77. The Bertz CT molecular complexity index is 920. The molecule has 0 heterocycles. The van der Waals surface area contributed by atoms with Crippen LogP contribution in [0.15, 0.2) is 41.2 Å². The average molecular weight is 415 g/mol. The molecule has 0 fully saturated rings. The van der Waals surface area contributed by atoms with Gasteiger partial charge in [0.05, 0.1) is 16.7 Å². The van der Waals surface area contributed by atoms with Crippen molar-refractivity contribution in [3.05, 3.63) is 52.3 Å². The zero-order valence-corrected chi connectivity index (χ0v) is 18.0. The number of aliphatic hydroxyl groups excluding tert-OH is 1. The highest BCUT2D eigenvalue weighted by Crippen LogP contribution is 2.41. The maximum Gasteiger partial charge on any atom is 0.200 e. The smallest absolute Gasteiger partial charge is 0.200 e. The third-order valence-electron chi connectivity index (χ3n) is 5.35. The molecule has 30 heavy (non-hydrogen) atoms. The summed E-state index contributed by atoms with van der Waals surface area (Å²) >= 11 is 0. The molecule has 4 N–H and O–H groups in total. The van der Waals surface area contributed by atoms with Crippen LogP contribution >= 0.6 is 0 Å². The standard InChI is InChI=1S/C22H30N4O4/c1-25(2)12-10-23-15-7-5-6-14-17(15)21(29)18-16(27)8-9-22(30,19(18)20(14)28)24-11-13-26(3)4/h5-8,23-24,27,30H,9-13H2,1-4H3. The molecule has 0 radical (unpaired) electrons. The Hall–Kier alpha value is -2.52. The number of nitrogens with zero attached hydrogens (tertiary/aromatic N) is 2. The highest BCUT2D eigenvalue weighted by Gasteiger charge is 2.47. The van der Waals surface area contributed by atoms with Crippen LogP contribution < -0.4 is 10.6 Å². The van der Waals surface area contributed by atoms with E-state index >= 15 is 0 Å². The second kappa shape index (κ2) is 8.69. The Balaban J connectivity index is 2.00. The molecule has 0 saturated heterocycles. The third-order valence-corrected chi connectivity index (χ3v) is 5.35. The van der Waals surface area contributed by atoms with E-state index in [-0.39, 0.29) is 34.5 Å². The second-order valence-corrected chi connectivity index (χ2v) is 8.25. The maximum absolute atomic E-state index is 13.4. The summed E-state index contributed by atoms with van der Waals surface area (Å²) in [4.78, 5) is 30.7. The van der Waals surface area contributed by atoms with E-state index in [4.69, 9.17) is 0 Å². The van der Waals surface area contributed by atoms with Crippen molar-refractivity contribution in [3.63, 3.8) is 0 Å². The molecule has 0 aromatic heterocycles. The van der Waals surface area contributed by atoms with Gasteiger partial charge in [-0.25, -0.2) is 0 Å². The van der Waals surface area contributed by atoms with Gasteiger partial charge in [-0.3, -0.25) is 14.9 Å². The molecule has 2 aliphatic rings. The van der Waals surface area contributed by atoms with Crippen molar-refractivity contribution in [3.8, 4) is 0 Å². The summed E-state index contributed by atoms with van der Waals surface area (Å²) < 4.78 is 0. The van der Waals surface area contributed by atoms with Gasteiger partial charge in [0, 0.05) is 43.9 Å². The summed E-state index contributed by atoms with van der Waals surface area (Å²) in [5.74, 6) is -1.18. The number of Topliss-reactive ketones (excluding diaryl/α,β-unsaturated/α-hetero) is 2. The monoisotopic (exact) mass is 414 g/mol. The molecular weight excluding hydrogens is 384 g/mol. The van der Waals surface area contributed by atoms with Crippen LogP contribution in [0.2, 0.25) is 0 Å². The lowest BCUT2D eigenvalue weighted by Gasteiger charge is -2.37. The third kappa shape index (κ3) is 4.17. The molecule has 0 bridgehead atoms. The number of likely N-dealkylation sites (N-methyl/N-ethyl adjacent to an activating group) is 2. The van der Waals surface area contributed by atoms with E-state index in [1.807, 2.05) is 38.0 Å². The molecule has 0 aliphatic heterocycles. The minimum absolute atomic E-state index is 0.000222. The minimum atomic E-state index is -1.71. The van der Waals surface area contributed by atoms with Gasteiger partial charge in [0.2, 0.25) is 0 Å². The zero-order valence-electron chi connectivity index (χ0n) is 18.0. The maximum atomic E-state index is 13.4. The Labute approximate surface area is 176 Å². The van der Waals surface area contributed by atoms with Gasteiger partial charge in [-0.2, -0.15) is 0 Å². The normalized spacial score (nSPS) is 21.1. The number of carbonyl (C=O) groups excluding carboxylic acids is 2. The van der Waals surface area contributed by atoms with Crippen molar-refractivity contribution < 1.29 is 19.8 Å². The molecule has 8 heteroatoms. The average Bonchev–Trinajstić information content (AvgIpc) is 2.67. The van der Waals surface area contributed by atoms with E-state index in [9.17, 15) is 19.8 Å². The number of aliphatic hydroxyl groups is 2. The largest absolute Gasteiger partial charge is 0.508 e. The molecule has 1 aromatic carbocycles. The number of rotatable bonds is 8. The number of hydrogen-bond acceptors (Lipinski definition) is 8. The first-order valence-corrected chi connectivity index (χ1v) is 10.0. The lowest BCUT2D eigenvalue weighted by molar-refractivity contribution is 0.0349. The quantitative estimate of drug-likeness (QED) is 0.468. The van der Waals surface area contributed by atoms with E-state index in [1.54, 1.807) is 18.2 Å². The number of benzene rings is 1. The van der Waals surface area contributed by atoms with Crippen molar-refractivity contribution in [1.29, 1.82) is 0 Å². The van der Waals surface area contributed by atoms with Crippen molar-refractivity contribution >= 4 is 17.3 Å². The van der Waals surface area contributed by atoms with Gasteiger partial charge >= 0.3 is 0 Å². The molecule has 0 spiro atoms. The van der Waals surface area contributed by atoms with Gasteiger partial charge < -0.3 is 25.3 Å². The molecule has 0 amide bonds. The van der Waals surface area contributed by atoms with Gasteiger partial charge in [-0.1, -0.05) is 12.1 Å². The highest BCUT2D eigenvalue weighted by atomic mass is 16.3. The Kier molecular flexibility index (Phi) is 6.42. The van der Waals surface area contributed by atoms with Gasteiger partial charge in [0.1, 0.15) is 11.5 Å². The number of carbonyl (C=O) groups is 2. The van der Waals surface area contributed by atoms with Crippen molar-refractivity contribution in [2.75, 3.05) is 59.7 Å².